The van der Waals surface area contributed by atoms with E-state index in [2.05, 4.69) is 20.1 Å². The van der Waals surface area contributed by atoms with E-state index in [-0.39, 0.29) is 10.5 Å². The summed E-state index contributed by atoms with van der Waals surface area (Å²) in [6.07, 6.45) is -2.27. The third-order valence-electron chi connectivity index (χ3n) is 3.27. The number of hydrogen-bond acceptors (Lipinski definition) is 6. The van der Waals surface area contributed by atoms with Gasteiger partial charge in [-0.25, -0.2) is 32.2 Å². The van der Waals surface area contributed by atoms with Crippen LogP contribution in [0.15, 0.2) is 35.5 Å². The summed E-state index contributed by atoms with van der Waals surface area (Å²) in [5.41, 5.74) is -0.215. The second kappa shape index (κ2) is 6.33. The van der Waals surface area contributed by atoms with Crippen LogP contribution in [0.1, 0.15) is 5.82 Å². The van der Waals surface area contributed by atoms with Crippen LogP contribution in [0.3, 0.4) is 0 Å². The van der Waals surface area contributed by atoms with Crippen molar-refractivity contribution in [3.05, 3.63) is 48.1 Å². The van der Waals surface area contributed by atoms with Gasteiger partial charge in [-0.15, -0.1) is 5.10 Å². The van der Waals surface area contributed by atoms with Crippen LogP contribution < -0.4 is 0 Å². The van der Waals surface area contributed by atoms with Crippen molar-refractivity contribution < 1.29 is 30.4 Å². The largest absolute Gasteiger partial charge is 0.453 e. The lowest BCUT2D eigenvalue weighted by molar-refractivity contribution is -0.144. The standard InChI is InChI=1S/C14H8F5N5O2S/c1-27(25,26)8-5-20-13(21-6-8)24-11(22-12(23-24)14(17,18)19)7-2-3-9(15)10(16)4-7/h2-6H,1H3. The first-order valence-electron chi connectivity index (χ1n) is 6.99. The first kappa shape index (κ1) is 18.8. The molecule has 2 aromatic heterocycles. The summed E-state index contributed by atoms with van der Waals surface area (Å²) in [5.74, 6) is -5.00. The Labute approximate surface area is 148 Å². The molecule has 0 amide bonds. The predicted octanol–water partition coefficient (Wildman–Crippen LogP) is 2.42. The molecular weight excluding hydrogens is 397 g/mol. The fraction of sp³-hybridized carbons (Fsp3) is 0.143. The first-order valence-corrected chi connectivity index (χ1v) is 8.88. The molecule has 13 heteroatoms. The van der Waals surface area contributed by atoms with Crippen LogP contribution in [-0.2, 0) is 16.0 Å². The number of sulfone groups is 1. The lowest BCUT2D eigenvalue weighted by Crippen LogP contribution is -2.10. The number of benzene rings is 1. The van der Waals surface area contributed by atoms with Gasteiger partial charge in [-0.05, 0) is 18.2 Å². The van der Waals surface area contributed by atoms with Gasteiger partial charge < -0.3 is 0 Å². The molecule has 3 aromatic rings. The van der Waals surface area contributed by atoms with Crippen LogP contribution in [-0.4, -0.2) is 39.4 Å². The van der Waals surface area contributed by atoms with Crippen LogP contribution in [0.5, 0.6) is 0 Å². The zero-order valence-corrected chi connectivity index (χ0v) is 14.1. The van der Waals surface area contributed by atoms with Crippen molar-refractivity contribution in [1.82, 2.24) is 24.7 Å². The molecule has 7 nitrogen and oxygen atoms in total. The Bertz CT molecular complexity index is 1110. The molecule has 27 heavy (non-hydrogen) atoms. The van der Waals surface area contributed by atoms with E-state index in [1.807, 2.05) is 0 Å². The van der Waals surface area contributed by atoms with Crippen molar-refractivity contribution in [3.63, 3.8) is 0 Å². The highest BCUT2D eigenvalue weighted by atomic mass is 32.2. The molecule has 0 radical (unpaired) electrons. The fourth-order valence-corrected chi connectivity index (χ4v) is 2.49. The highest BCUT2D eigenvalue weighted by Crippen LogP contribution is 2.30. The van der Waals surface area contributed by atoms with E-state index in [1.54, 1.807) is 0 Å². The third kappa shape index (κ3) is 3.77. The molecule has 0 saturated heterocycles. The van der Waals surface area contributed by atoms with Gasteiger partial charge in [0.15, 0.2) is 27.3 Å². The van der Waals surface area contributed by atoms with Gasteiger partial charge in [0.2, 0.25) is 0 Å². The number of rotatable bonds is 3. The van der Waals surface area contributed by atoms with E-state index in [0.29, 0.717) is 16.8 Å². The molecule has 0 spiro atoms. The smallest absolute Gasteiger partial charge is 0.224 e. The van der Waals surface area contributed by atoms with Crippen molar-refractivity contribution in [2.75, 3.05) is 6.26 Å². The van der Waals surface area contributed by atoms with Crippen LogP contribution in [0.25, 0.3) is 17.3 Å². The number of halogens is 5. The molecule has 0 fully saturated rings. The summed E-state index contributed by atoms with van der Waals surface area (Å²) in [4.78, 5) is 10.4. The van der Waals surface area contributed by atoms with E-state index in [0.717, 1.165) is 24.7 Å². The van der Waals surface area contributed by atoms with Crippen LogP contribution >= 0.6 is 0 Å². The molecule has 1 aromatic carbocycles. The summed E-state index contributed by atoms with van der Waals surface area (Å²) in [7, 11) is -3.63. The molecule has 0 aliphatic carbocycles. The second-order valence-corrected chi connectivity index (χ2v) is 7.30. The van der Waals surface area contributed by atoms with Gasteiger partial charge >= 0.3 is 6.18 Å². The van der Waals surface area contributed by atoms with Crippen molar-refractivity contribution in [2.45, 2.75) is 11.1 Å². The maximum Gasteiger partial charge on any atom is 0.453 e. The van der Waals surface area contributed by atoms with Gasteiger partial charge in [0.05, 0.1) is 12.4 Å². The van der Waals surface area contributed by atoms with Crippen molar-refractivity contribution in [2.24, 2.45) is 0 Å². The summed E-state index contributed by atoms with van der Waals surface area (Å²) in [6.45, 7) is 0. The topological polar surface area (TPSA) is 90.6 Å². The van der Waals surface area contributed by atoms with Gasteiger partial charge in [0, 0.05) is 11.8 Å². The molecule has 142 valence electrons. The first-order chi connectivity index (χ1) is 12.5. The molecule has 2 heterocycles. The summed E-state index contributed by atoms with van der Waals surface area (Å²) >= 11 is 0. The number of hydrogen-bond donors (Lipinski definition) is 0. The molecule has 0 unspecified atom stereocenters. The zero-order chi connectivity index (χ0) is 20.0. The van der Waals surface area contributed by atoms with Crippen molar-refractivity contribution >= 4 is 9.84 Å². The molecule has 0 aliphatic heterocycles. The van der Waals surface area contributed by atoms with Crippen LogP contribution in [0, 0.1) is 11.6 Å². The third-order valence-corrected chi connectivity index (χ3v) is 4.34. The molecule has 0 N–H and O–H groups in total. The monoisotopic (exact) mass is 405 g/mol. The Kier molecular flexibility index (Phi) is 4.41. The quantitative estimate of drug-likeness (QED) is 0.622. The van der Waals surface area contributed by atoms with E-state index in [1.165, 1.54) is 0 Å². The van der Waals surface area contributed by atoms with E-state index >= 15 is 0 Å². The summed E-state index contributed by atoms with van der Waals surface area (Å²) in [6, 6.07) is 2.36. The Morgan fingerprint density at radius 2 is 1.67 bits per heavy atom. The molecule has 0 aliphatic rings. The molecular formula is C14H8F5N5O2S. The number of nitrogens with zero attached hydrogens (tertiary/aromatic N) is 5. The minimum absolute atomic E-state index is 0.215. The number of aromatic nitrogens is 5. The summed E-state index contributed by atoms with van der Waals surface area (Å²) in [5, 5.41) is 3.26. The second-order valence-electron chi connectivity index (χ2n) is 5.29. The van der Waals surface area contributed by atoms with E-state index < -0.39 is 45.2 Å². The SMILES string of the molecule is CS(=O)(=O)c1cnc(-n2nc(C(F)(F)F)nc2-c2ccc(F)c(F)c2)nc1. The highest BCUT2D eigenvalue weighted by Gasteiger charge is 2.38. The number of alkyl halides is 3. The van der Waals surface area contributed by atoms with Gasteiger partial charge in [0.25, 0.3) is 11.8 Å². The van der Waals surface area contributed by atoms with Gasteiger partial charge in [0.1, 0.15) is 4.90 Å². The normalized spacial score (nSPS) is 12.4. The maximum absolute atomic E-state index is 13.5. The maximum atomic E-state index is 13.5. The summed E-state index contributed by atoms with van der Waals surface area (Å²) < 4.78 is 89.0. The zero-order valence-electron chi connectivity index (χ0n) is 13.2. The fourth-order valence-electron chi connectivity index (χ4n) is 2.00. The Morgan fingerprint density at radius 1 is 1.04 bits per heavy atom. The van der Waals surface area contributed by atoms with Gasteiger partial charge in [-0.1, -0.05) is 0 Å². The predicted molar refractivity (Wildman–Crippen MR) is 80.4 cm³/mol. The minimum atomic E-state index is -4.93. The van der Waals surface area contributed by atoms with Crippen LogP contribution in [0.4, 0.5) is 22.0 Å². The Balaban J connectivity index is 2.19. The Morgan fingerprint density at radius 3 is 2.19 bits per heavy atom. The lowest BCUT2D eigenvalue weighted by Gasteiger charge is -2.05. The Hall–Kier alpha value is -2.96. The average Bonchev–Trinajstić information content (AvgIpc) is 3.02. The molecule has 0 atom stereocenters. The molecule has 0 bridgehead atoms. The van der Waals surface area contributed by atoms with Gasteiger partial charge in [-0.2, -0.15) is 17.9 Å². The van der Waals surface area contributed by atoms with Crippen LogP contribution in [0.2, 0.25) is 0 Å². The van der Waals surface area contributed by atoms with Crippen molar-refractivity contribution in [3.8, 4) is 17.3 Å². The van der Waals surface area contributed by atoms with Crippen molar-refractivity contribution in [1.29, 1.82) is 0 Å². The average molecular weight is 405 g/mol. The lowest BCUT2D eigenvalue weighted by atomic mass is 10.2. The minimum Gasteiger partial charge on any atom is -0.224 e. The molecule has 3 rings (SSSR count). The van der Waals surface area contributed by atoms with E-state index in [9.17, 15) is 30.4 Å². The van der Waals surface area contributed by atoms with E-state index in [4.69, 9.17) is 0 Å². The highest BCUT2D eigenvalue weighted by molar-refractivity contribution is 7.90. The van der Waals surface area contributed by atoms with Gasteiger partial charge in [-0.3, -0.25) is 0 Å². The molecule has 0 saturated carbocycles.